The van der Waals surface area contributed by atoms with Crippen LogP contribution in [0.15, 0.2) is 24.3 Å². The minimum absolute atomic E-state index is 0.241. The van der Waals surface area contributed by atoms with E-state index in [-0.39, 0.29) is 5.41 Å². The lowest BCUT2D eigenvalue weighted by Crippen LogP contribution is -2.36. The topological polar surface area (TPSA) is 12.0 Å². The quantitative estimate of drug-likeness (QED) is 0.759. The molecule has 21 heavy (non-hydrogen) atoms. The first-order valence-corrected chi connectivity index (χ1v) is 8.74. The van der Waals surface area contributed by atoms with Crippen molar-refractivity contribution in [1.82, 2.24) is 5.32 Å². The van der Waals surface area contributed by atoms with Crippen LogP contribution in [0.3, 0.4) is 0 Å². The van der Waals surface area contributed by atoms with Gasteiger partial charge in [-0.05, 0) is 49.1 Å². The summed E-state index contributed by atoms with van der Waals surface area (Å²) in [6.45, 7) is 11.5. The largest absolute Gasteiger partial charge is 0.307 e. The Bertz CT molecular complexity index is 420. The zero-order chi connectivity index (χ0) is 15.5. The molecule has 1 heteroatoms. The molecule has 2 atom stereocenters. The molecule has 0 aliphatic heterocycles. The lowest BCUT2D eigenvalue weighted by atomic mass is 9.84. The van der Waals surface area contributed by atoms with Crippen molar-refractivity contribution in [2.75, 3.05) is 0 Å². The Hall–Kier alpha value is -0.820. The Balaban J connectivity index is 1.94. The molecule has 0 aromatic heterocycles. The Morgan fingerprint density at radius 1 is 0.952 bits per heavy atom. The second kappa shape index (κ2) is 6.96. The fraction of sp³-hybridized carbons (Fsp3) is 0.700. The molecule has 0 saturated heterocycles. The molecular weight excluding hydrogens is 254 g/mol. The van der Waals surface area contributed by atoms with E-state index in [1.165, 1.54) is 43.2 Å². The highest BCUT2D eigenvalue weighted by Gasteiger charge is 2.21. The van der Waals surface area contributed by atoms with Gasteiger partial charge in [-0.1, -0.05) is 64.3 Å². The maximum Gasteiger partial charge on any atom is 0.0294 e. The van der Waals surface area contributed by atoms with Crippen LogP contribution < -0.4 is 5.32 Å². The number of benzene rings is 1. The van der Waals surface area contributed by atoms with Crippen molar-refractivity contribution in [2.45, 2.75) is 84.2 Å². The fourth-order valence-electron chi connectivity index (χ4n) is 3.53. The van der Waals surface area contributed by atoms with Gasteiger partial charge >= 0.3 is 0 Å². The van der Waals surface area contributed by atoms with Crippen molar-refractivity contribution >= 4 is 0 Å². The minimum atomic E-state index is 0.241. The molecule has 1 nitrogen and oxygen atoms in total. The standard InChI is InChI=1S/C20H33N/c1-15(17-9-7-6-8-10-17)21-16(2)18-11-13-19(14-12-18)20(3,4)5/h11-17,21H,6-10H2,1-5H3/t15-,16?/m0/s1. The van der Waals surface area contributed by atoms with Crippen LogP contribution in [0.25, 0.3) is 0 Å². The van der Waals surface area contributed by atoms with Crippen LogP contribution in [-0.2, 0) is 5.41 Å². The Morgan fingerprint density at radius 3 is 2.05 bits per heavy atom. The van der Waals surface area contributed by atoms with Crippen LogP contribution in [0, 0.1) is 5.92 Å². The lowest BCUT2D eigenvalue weighted by Gasteiger charge is -2.31. The zero-order valence-electron chi connectivity index (χ0n) is 14.6. The third-order valence-corrected chi connectivity index (χ3v) is 5.15. The third-order valence-electron chi connectivity index (χ3n) is 5.15. The van der Waals surface area contributed by atoms with Crippen LogP contribution in [0.4, 0.5) is 0 Å². The van der Waals surface area contributed by atoms with Gasteiger partial charge < -0.3 is 5.32 Å². The molecule has 1 saturated carbocycles. The van der Waals surface area contributed by atoms with Gasteiger partial charge in [-0.3, -0.25) is 0 Å². The molecule has 0 spiro atoms. The molecule has 0 amide bonds. The molecule has 0 radical (unpaired) electrons. The van der Waals surface area contributed by atoms with Crippen molar-refractivity contribution in [2.24, 2.45) is 5.92 Å². The second-order valence-electron chi connectivity index (χ2n) is 7.95. The molecule has 118 valence electrons. The van der Waals surface area contributed by atoms with E-state index in [4.69, 9.17) is 0 Å². The average Bonchev–Trinajstić information content (AvgIpc) is 2.47. The number of rotatable bonds is 4. The molecule has 2 rings (SSSR count). The number of nitrogens with one attached hydrogen (secondary N) is 1. The van der Waals surface area contributed by atoms with Crippen molar-refractivity contribution in [3.8, 4) is 0 Å². The third kappa shape index (κ3) is 4.57. The normalized spacial score (nSPS) is 20.2. The SMILES string of the molecule is CC(N[C@@H](C)C1CCCCC1)c1ccc(C(C)(C)C)cc1. The van der Waals surface area contributed by atoms with E-state index in [1.807, 2.05) is 0 Å². The van der Waals surface area contributed by atoms with E-state index in [0.717, 1.165) is 5.92 Å². The monoisotopic (exact) mass is 287 g/mol. The molecule has 0 bridgehead atoms. The Labute approximate surface area is 131 Å². The highest BCUT2D eigenvalue weighted by molar-refractivity contribution is 5.29. The zero-order valence-corrected chi connectivity index (χ0v) is 14.6. The maximum atomic E-state index is 3.82. The summed E-state index contributed by atoms with van der Waals surface area (Å²) < 4.78 is 0. The van der Waals surface area contributed by atoms with Crippen LogP contribution in [0.1, 0.15) is 83.9 Å². The van der Waals surface area contributed by atoms with Crippen molar-refractivity contribution in [3.63, 3.8) is 0 Å². The van der Waals surface area contributed by atoms with E-state index in [9.17, 15) is 0 Å². The van der Waals surface area contributed by atoms with Gasteiger partial charge in [0.25, 0.3) is 0 Å². The number of hydrogen-bond acceptors (Lipinski definition) is 1. The summed E-state index contributed by atoms with van der Waals surface area (Å²) >= 11 is 0. The predicted molar refractivity (Wildman–Crippen MR) is 92.7 cm³/mol. The molecule has 1 aromatic carbocycles. The van der Waals surface area contributed by atoms with Gasteiger partial charge in [0.15, 0.2) is 0 Å². The fourth-order valence-corrected chi connectivity index (χ4v) is 3.53. The van der Waals surface area contributed by atoms with Gasteiger partial charge in [-0.25, -0.2) is 0 Å². The van der Waals surface area contributed by atoms with E-state index in [0.29, 0.717) is 12.1 Å². The highest BCUT2D eigenvalue weighted by atomic mass is 14.9. The lowest BCUT2D eigenvalue weighted by molar-refractivity contribution is 0.268. The molecule has 1 fully saturated rings. The van der Waals surface area contributed by atoms with E-state index >= 15 is 0 Å². The van der Waals surface area contributed by atoms with E-state index in [1.54, 1.807) is 0 Å². The van der Waals surface area contributed by atoms with Crippen molar-refractivity contribution in [1.29, 1.82) is 0 Å². The second-order valence-corrected chi connectivity index (χ2v) is 7.95. The molecule has 1 N–H and O–H groups in total. The summed E-state index contributed by atoms with van der Waals surface area (Å²) in [5.74, 6) is 0.870. The summed E-state index contributed by atoms with van der Waals surface area (Å²) in [5.41, 5.74) is 3.06. The van der Waals surface area contributed by atoms with Gasteiger partial charge in [0.2, 0.25) is 0 Å². The maximum absolute atomic E-state index is 3.82. The van der Waals surface area contributed by atoms with Crippen molar-refractivity contribution < 1.29 is 0 Å². The Morgan fingerprint density at radius 2 is 1.52 bits per heavy atom. The first-order chi connectivity index (χ1) is 9.88. The Kier molecular flexibility index (Phi) is 5.48. The minimum Gasteiger partial charge on any atom is -0.307 e. The molecule has 0 heterocycles. The van der Waals surface area contributed by atoms with E-state index in [2.05, 4.69) is 64.2 Å². The first-order valence-electron chi connectivity index (χ1n) is 8.74. The molecule has 1 aromatic rings. The molecule has 1 aliphatic rings. The predicted octanol–water partition coefficient (Wildman–Crippen LogP) is 5.60. The van der Waals surface area contributed by atoms with Gasteiger partial charge in [0.05, 0.1) is 0 Å². The summed E-state index contributed by atoms with van der Waals surface area (Å²) in [7, 11) is 0. The average molecular weight is 287 g/mol. The first kappa shape index (κ1) is 16.5. The van der Waals surface area contributed by atoms with Crippen molar-refractivity contribution in [3.05, 3.63) is 35.4 Å². The molecule has 1 aliphatic carbocycles. The number of hydrogen-bond donors (Lipinski definition) is 1. The van der Waals surface area contributed by atoms with Gasteiger partial charge in [-0.2, -0.15) is 0 Å². The summed E-state index contributed by atoms with van der Waals surface area (Å²) in [5, 5.41) is 3.82. The van der Waals surface area contributed by atoms with Gasteiger partial charge in [0, 0.05) is 12.1 Å². The molecular formula is C20H33N. The highest BCUT2D eigenvalue weighted by Crippen LogP contribution is 2.28. The summed E-state index contributed by atoms with van der Waals surface area (Å²) in [6.07, 6.45) is 7.09. The van der Waals surface area contributed by atoms with Crippen LogP contribution in [0.2, 0.25) is 0 Å². The summed E-state index contributed by atoms with van der Waals surface area (Å²) in [6, 6.07) is 10.2. The smallest absolute Gasteiger partial charge is 0.0294 e. The van der Waals surface area contributed by atoms with E-state index < -0.39 is 0 Å². The van der Waals surface area contributed by atoms with Crippen LogP contribution in [-0.4, -0.2) is 6.04 Å². The van der Waals surface area contributed by atoms with Gasteiger partial charge in [0.1, 0.15) is 0 Å². The molecule has 1 unspecified atom stereocenters. The summed E-state index contributed by atoms with van der Waals surface area (Å²) in [4.78, 5) is 0. The van der Waals surface area contributed by atoms with Crippen LogP contribution >= 0.6 is 0 Å². The van der Waals surface area contributed by atoms with Gasteiger partial charge in [-0.15, -0.1) is 0 Å². The van der Waals surface area contributed by atoms with Crippen LogP contribution in [0.5, 0.6) is 0 Å².